The van der Waals surface area contributed by atoms with Crippen LogP contribution in [-0.2, 0) is 0 Å². The summed E-state index contributed by atoms with van der Waals surface area (Å²) >= 11 is 5.20. The van der Waals surface area contributed by atoms with E-state index in [4.69, 9.17) is 22.3 Å². The first-order valence-corrected chi connectivity index (χ1v) is 3.56. The molecule has 0 amide bonds. The molecule has 0 nitrogen and oxygen atoms in total. The average Bonchev–Trinajstić information content (AvgIpc) is 1.41. The lowest BCUT2D eigenvalue weighted by Crippen LogP contribution is -1.68. The van der Waals surface area contributed by atoms with Crippen LogP contribution in [0.25, 0.3) is 0 Å². The zero-order valence-corrected chi connectivity index (χ0v) is 4.91. The molecule has 0 rings (SSSR count). The standard InChI is InChI=1S/C2H4Cl2S/c3-1-2-5-4/h1-2H2. The van der Waals surface area contributed by atoms with Crippen LogP contribution in [0.4, 0.5) is 0 Å². The molecule has 0 spiro atoms. The fourth-order valence-corrected chi connectivity index (χ4v) is 0.787. The van der Waals surface area contributed by atoms with Crippen molar-refractivity contribution >= 4 is 33.3 Å². The maximum atomic E-state index is 5.20. The average molecular weight is 131 g/mol. The Morgan fingerprint density at radius 3 is 2.20 bits per heavy atom. The van der Waals surface area contributed by atoms with Gasteiger partial charge in [0.15, 0.2) is 0 Å². The molecule has 0 aliphatic heterocycles. The zero-order valence-electron chi connectivity index (χ0n) is 2.58. The molecule has 0 heterocycles. The fourth-order valence-electron chi connectivity index (χ4n) is 0.0292. The third kappa shape index (κ3) is 4.93. The topological polar surface area (TPSA) is 0 Å². The number of halogens is 2. The molecule has 0 aliphatic rings. The van der Waals surface area contributed by atoms with Gasteiger partial charge in [0.05, 0.1) is 0 Å². The van der Waals surface area contributed by atoms with E-state index in [0.717, 1.165) is 5.75 Å². The van der Waals surface area contributed by atoms with Gasteiger partial charge in [-0.3, -0.25) is 0 Å². The molecule has 0 unspecified atom stereocenters. The Labute approximate surface area is 45.3 Å². The van der Waals surface area contributed by atoms with Gasteiger partial charge in [-0.2, -0.15) is 0 Å². The van der Waals surface area contributed by atoms with Gasteiger partial charge in [0.2, 0.25) is 0 Å². The molecule has 0 bridgehead atoms. The molecule has 0 aromatic rings. The van der Waals surface area contributed by atoms with Crippen LogP contribution in [0.1, 0.15) is 0 Å². The lowest BCUT2D eigenvalue weighted by atomic mass is 11.0. The van der Waals surface area contributed by atoms with E-state index in [2.05, 4.69) is 0 Å². The normalized spacial score (nSPS) is 8.40. The van der Waals surface area contributed by atoms with Gasteiger partial charge >= 0.3 is 0 Å². The smallest absolute Gasteiger partial charge is 0.0326 e. The number of hydrogen-bond acceptors (Lipinski definition) is 1. The molecule has 0 atom stereocenters. The monoisotopic (exact) mass is 130 g/mol. The van der Waals surface area contributed by atoms with Crippen LogP contribution in [0.3, 0.4) is 0 Å². The Morgan fingerprint density at radius 1 is 1.60 bits per heavy atom. The molecule has 0 radical (unpaired) electrons. The lowest BCUT2D eigenvalue weighted by Gasteiger charge is -1.74. The minimum Gasteiger partial charge on any atom is -0.126 e. The lowest BCUT2D eigenvalue weighted by molar-refractivity contribution is 1.55. The van der Waals surface area contributed by atoms with Crippen LogP contribution >= 0.6 is 33.3 Å². The Hall–Kier alpha value is 0.930. The molecule has 0 aromatic carbocycles. The number of rotatable bonds is 2. The van der Waals surface area contributed by atoms with Gasteiger partial charge in [-0.1, -0.05) is 11.0 Å². The first-order chi connectivity index (χ1) is 2.41. The molecule has 0 N–H and O–H groups in total. The van der Waals surface area contributed by atoms with Gasteiger partial charge in [-0.25, -0.2) is 0 Å². The largest absolute Gasteiger partial charge is 0.126 e. The summed E-state index contributed by atoms with van der Waals surface area (Å²) < 4.78 is 0. The first-order valence-electron chi connectivity index (χ1n) is 1.21. The van der Waals surface area contributed by atoms with E-state index in [1.165, 1.54) is 11.0 Å². The highest BCUT2D eigenvalue weighted by atomic mass is 35.7. The molecule has 0 saturated carbocycles. The van der Waals surface area contributed by atoms with Gasteiger partial charge in [0, 0.05) is 11.6 Å². The van der Waals surface area contributed by atoms with E-state index < -0.39 is 0 Å². The zero-order chi connectivity index (χ0) is 4.12. The summed E-state index contributed by atoms with van der Waals surface area (Å²) in [6.07, 6.45) is 0. The Balaban J connectivity index is 2.19. The first kappa shape index (κ1) is 5.93. The second-order valence-corrected chi connectivity index (χ2v) is 2.16. The second kappa shape index (κ2) is 4.93. The van der Waals surface area contributed by atoms with Crippen molar-refractivity contribution in [3.63, 3.8) is 0 Å². The van der Waals surface area contributed by atoms with Crippen molar-refractivity contribution in [2.45, 2.75) is 0 Å². The van der Waals surface area contributed by atoms with Crippen molar-refractivity contribution in [3.05, 3.63) is 0 Å². The minimum absolute atomic E-state index is 0.647. The predicted octanol–water partition coefficient (Wildman–Crippen LogP) is 2.11. The van der Waals surface area contributed by atoms with E-state index in [-0.39, 0.29) is 0 Å². The fraction of sp³-hybridized carbons (Fsp3) is 1.00. The Morgan fingerprint density at radius 2 is 2.20 bits per heavy atom. The van der Waals surface area contributed by atoms with Crippen molar-refractivity contribution in [2.24, 2.45) is 0 Å². The van der Waals surface area contributed by atoms with Crippen LogP contribution in [0.2, 0.25) is 0 Å². The van der Waals surface area contributed by atoms with Gasteiger partial charge < -0.3 is 0 Å². The highest BCUT2D eigenvalue weighted by Crippen LogP contribution is 2.03. The highest BCUT2D eigenvalue weighted by molar-refractivity contribution is 8.21. The molecular weight excluding hydrogens is 127 g/mol. The summed E-state index contributed by atoms with van der Waals surface area (Å²) in [4.78, 5) is 0. The van der Waals surface area contributed by atoms with Crippen LogP contribution in [0.15, 0.2) is 0 Å². The molecule has 0 saturated heterocycles. The van der Waals surface area contributed by atoms with E-state index >= 15 is 0 Å². The van der Waals surface area contributed by atoms with Gasteiger partial charge in [0.1, 0.15) is 0 Å². The summed E-state index contributed by atoms with van der Waals surface area (Å²) in [5.41, 5.74) is 0. The quantitative estimate of drug-likeness (QED) is 0.517. The van der Waals surface area contributed by atoms with Crippen LogP contribution in [-0.4, -0.2) is 11.6 Å². The molecule has 0 aliphatic carbocycles. The summed E-state index contributed by atoms with van der Waals surface area (Å²) in [7, 11) is 6.38. The van der Waals surface area contributed by atoms with Crippen LogP contribution in [0.5, 0.6) is 0 Å². The van der Waals surface area contributed by atoms with E-state index in [9.17, 15) is 0 Å². The Kier molecular flexibility index (Phi) is 5.85. The SMILES string of the molecule is ClCCSCl. The molecule has 0 fully saturated rings. The maximum absolute atomic E-state index is 5.20. The van der Waals surface area contributed by atoms with Crippen molar-refractivity contribution in [1.82, 2.24) is 0 Å². The van der Waals surface area contributed by atoms with Crippen LogP contribution < -0.4 is 0 Å². The molecule has 0 aromatic heterocycles. The van der Waals surface area contributed by atoms with E-state index in [1.54, 1.807) is 0 Å². The summed E-state index contributed by atoms with van der Waals surface area (Å²) in [5.74, 6) is 1.48. The van der Waals surface area contributed by atoms with E-state index in [1.807, 2.05) is 0 Å². The maximum Gasteiger partial charge on any atom is 0.0326 e. The van der Waals surface area contributed by atoms with E-state index in [0.29, 0.717) is 5.88 Å². The van der Waals surface area contributed by atoms with Gasteiger partial charge in [-0.15, -0.1) is 11.6 Å². The van der Waals surface area contributed by atoms with Crippen molar-refractivity contribution in [2.75, 3.05) is 11.6 Å². The van der Waals surface area contributed by atoms with Crippen molar-refractivity contribution in [3.8, 4) is 0 Å². The predicted molar refractivity (Wildman–Crippen MR) is 29.0 cm³/mol. The van der Waals surface area contributed by atoms with Gasteiger partial charge in [0.25, 0.3) is 0 Å². The third-order valence-corrected chi connectivity index (χ3v) is 1.39. The molecular formula is C2H4Cl2S. The summed E-state index contributed by atoms with van der Waals surface area (Å²) in [6.45, 7) is 0. The van der Waals surface area contributed by atoms with Crippen LogP contribution in [0, 0.1) is 0 Å². The van der Waals surface area contributed by atoms with Gasteiger partial charge in [-0.05, 0) is 10.7 Å². The highest BCUT2D eigenvalue weighted by Gasteiger charge is 1.72. The summed E-state index contributed by atoms with van der Waals surface area (Å²) in [6, 6.07) is 0. The third-order valence-electron chi connectivity index (χ3n) is 0.154. The Bertz CT molecular complexity index is 15.1. The number of hydrogen-bond donors (Lipinski definition) is 0. The molecule has 5 heavy (non-hydrogen) atoms. The summed E-state index contributed by atoms with van der Waals surface area (Å²) in [5, 5.41) is 0. The van der Waals surface area contributed by atoms with Crippen molar-refractivity contribution < 1.29 is 0 Å². The minimum atomic E-state index is 0.647. The molecule has 3 heteroatoms. The second-order valence-electron chi connectivity index (χ2n) is 0.502. The number of alkyl halides is 1. The van der Waals surface area contributed by atoms with Crippen molar-refractivity contribution in [1.29, 1.82) is 0 Å². The molecule has 32 valence electrons.